The molecule has 120 valence electrons. The van der Waals surface area contributed by atoms with Crippen LogP contribution in [0.1, 0.15) is 18.1 Å². The molecule has 1 rings (SSSR count). The lowest BCUT2D eigenvalue weighted by molar-refractivity contribution is -0.150. The highest BCUT2D eigenvalue weighted by atomic mass is 16.6. The molecule has 2 N–H and O–H groups in total. The van der Waals surface area contributed by atoms with Gasteiger partial charge in [-0.3, -0.25) is 10.1 Å². The molecule has 0 aliphatic heterocycles. The molecule has 0 bridgehead atoms. The molecular formula is C15H20N2O5. The van der Waals surface area contributed by atoms with Crippen molar-refractivity contribution in [1.82, 2.24) is 10.6 Å². The number of amides is 3. The molecule has 7 heteroatoms. The quantitative estimate of drug-likeness (QED) is 0.767. The maximum absolute atomic E-state index is 11.5. The van der Waals surface area contributed by atoms with Crippen LogP contribution in [-0.2, 0) is 14.3 Å². The second-order valence-corrected chi connectivity index (χ2v) is 4.63. The van der Waals surface area contributed by atoms with Gasteiger partial charge in [0.05, 0.1) is 0 Å². The van der Waals surface area contributed by atoms with E-state index in [1.165, 1.54) is 0 Å². The Bertz CT molecular complexity index is 557. The normalized spacial score (nSPS) is 9.77. The van der Waals surface area contributed by atoms with Crippen molar-refractivity contribution >= 4 is 17.9 Å². The van der Waals surface area contributed by atoms with E-state index in [2.05, 4.69) is 5.32 Å². The standard InChI is InChI=1S/C15H20N2O5/c1-4-16-15(20)17-13(18)8-22-14(19)9-21-12-6-5-10(2)7-11(12)3/h5-7H,4,8-9H2,1-3H3,(H2,16,17,18,20). The average molecular weight is 308 g/mol. The Morgan fingerprint density at radius 1 is 1.14 bits per heavy atom. The molecule has 0 atom stereocenters. The van der Waals surface area contributed by atoms with E-state index in [1.54, 1.807) is 13.0 Å². The van der Waals surface area contributed by atoms with Gasteiger partial charge in [0.15, 0.2) is 13.2 Å². The topological polar surface area (TPSA) is 93.7 Å². The summed E-state index contributed by atoms with van der Waals surface area (Å²) in [6.07, 6.45) is 0. The Kier molecular flexibility index (Phi) is 6.88. The van der Waals surface area contributed by atoms with Crippen LogP contribution in [0.3, 0.4) is 0 Å². The third kappa shape index (κ3) is 6.25. The Balaban J connectivity index is 2.31. The predicted octanol–water partition coefficient (Wildman–Crippen LogP) is 1.07. The van der Waals surface area contributed by atoms with Crippen molar-refractivity contribution in [3.05, 3.63) is 29.3 Å². The minimum atomic E-state index is -0.703. The summed E-state index contributed by atoms with van der Waals surface area (Å²) in [5.74, 6) is -0.814. The van der Waals surface area contributed by atoms with E-state index in [0.29, 0.717) is 12.3 Å². The van der Waals surface area contributed by atoms with E-state index in [9.17, 15) is 14.4 Å². The fourth-order valence-electron chi connectivity index (χ4n) is 1.65. The lowest BCUT2D eigenvalue weighted by atomic mass is 10.1. The summed E-state index contributed by atoms with van der Waals surface area (Å²) >= 11 is 0. The van der Waals surface area contributed by atoms with E-state index in [4.69, 9.17) is 9.47 Å². The third-order valence-corrected chi connectivity index (χ3v) is 2.63. The van der Waals surface area contributed by atoms with Crippen LogP contribution in [0.2, 0.25) is 0 Å². The summed E-state index contributed by atoms with van der Waals surface area (Å²) in [4.78, 5) is 33.9. The smallest absolute Gasteiger partial charge is 0.344 e. The van der Waals surface area contributed by atoms with Crippen molar-refractivity contribution in [2.45, 2.75) is 20.8 Å². The number of rotatable bonds is 6. The van der Waals surface area contributed by atoms with E-state index in [0.717, 1.165) is 11.1 Å². The molecule has 0 aliphatic rings. The van der Waals surface area contributed by atoms with Crippen LogP contribution in [0.25, 0.3) is 0 Å². The number of nitrogens with one attached hydrogen (secondary N) is 2. The minimum Gasteiger partial charge on any atom is -0.482 e. The van der Waals surface area contributed by atoms with Crippen molar-refractivity contribution in [1.29, 1.82) is 0 Å². The molecule has 0 spiro atoms. The Morgan fingerprint density at radius 2 is 1.86 bits per heavy atom. The first-order valence-electron chi connectivity index (χ1n) is 6.85. The molecule has 0 heterocycles. The van der Waals surface area contributed by atoms with E-state index in [1.807, 2.05) is 31.3 Å². The fraction of sp³-hybridized carbons (Fsp3) is 0.400. The van der Waals surface area contributed by atoms with Crippen molar-refractivity contribution < 1.29 is 23.9 Å². The van der Waals surface area contributed by atoms with Gasteiger partial charge in [-0.1, -0.05) is 17.7 Å². The van der Waals surface area contributed by atoms with E-state index >= 15 is 0 Å². The van der Waals surface area contributed by atoms with Gasteiger partial charge >= 0.3 is 12.0 Å². The lowest BCUT2D eigenvalue weighted by Crippen LogP contribution is -2.41. The van der Waals surface area contributed by atoms with Crippen LogP contribution in [0.5, 0.6) is 5.75 Å². The van der Waals surface area contributed by atoms with Crippen LogP contribution in [-0.4, -0.2) is 37.7 Å². The largest absolute Gasteiger partial charge is 0.482 e. The first-order valence-corrected chi connectivity index (χ1v) is 6.85. The van der Waals surface area contributed by atoms with Crippen molar-refractivity contribution in [3.8, 4) is 5.75 Å². The zero-order valence-electron chi connectivity index (χ0n) is 12.9. The summed E-state index contributed by atoms with van der Waals surface area (Å²) < 4.78 is 10.0. The van der Waals surface area contributed by atoms with Gasteiger partial charge in [-0.25, -0.2) is 9.59 Å². The number of hydrogen-bond acceptors (Lipinski definition) is 5. The van der Waals surface area contributed by atoms with Gasteiger partial charge in [-0.2, -0.15) is 0 Å². The van der Waals surface area contributed by atoms with Crippen molar-refractivity contribution in [2.24, 2.45) is 0 Å². The van der Waals surface area contributed by atoms with Crippen LogP contribution < -0.4 is 15.4 Å². The first-order chi connectivity index (χ1) is 10.4. The fourth-order valence-corrected chi connectivity index (χ4v) is 1.65. The van der Waals surface area contributed by atoms with Gasteiger partial charge in [0.2, 0.25) is 0 Å². The van der Waals surface area contributed by atoms with Crippen LogP contribution in [0, 0.1) is 13.8 Å². The molecule has 22 heavy (non-hydrogen) atoms. The SMILES string of the molecule is CCNC(=O)NC(=O)COC(=O)COc1ccc(C)cc1C. The number of imide groups is 1. The maximum Gasteiger partial charge on any atom is 0.344 e. The molecule has 0 unspecified atom stereocenters. The maximum atomic E-state index is 11.5. The first kappa shape index (κ1) is 17.5. The van der Waals surface area contributed by atoms with Crippen LogP contribution in [0.15, 0.2) is 18.2 Å². The molecule has 1 aromatic carbocycles. The molecule has 0 radical (unpaired) electrons. The molecule has 0 aromatic heterocycles. The Labute approximate surface area is 129 Å². The number of urea groups is 1. The number of ether oxygens (including phenoxy) is 2. The molecule has 0 saturated carbocycles. The molecule has 0 aliphatic carbocycles. The Hall–Kier alpha value is -2.57. The van der Waals surface area contributed by atoms with Gasteiger partial charge < -0.3 is 14.8 Å². The van der Waals surface area contributed by atoms with Crippen molar-refractivity contribution in [3.63, 3.8) is 0 Å². The summed E-state index contributed by atoms with van der Waals surface area (Å²) in [6, 6.07) is 4.93. The number of carbonyl (C=O) groups is 3. The molecule has 7 nitrogen and oxygen atoms in total. The van der Waals surface area contributed by atoms with Crippen LogP contribution >= 0.6 is 0 Å². The molecule has 1 aromatic rings. The number of esters is 1. The summed E-state index contributed by atoms with van der Waals surface area (Å²) in [7, 11) is 0. The van der Waals surface area contributed by atoms with E-state index in [-0.39, 0.29) is 6.61 Å². The van der Waals surface area contributed by atoms with Crippen molar-refractivity contribution in [2.75, 3.05) is 19.8 Å². The van der Waals surface area contributed by atoms with E-state index < -0.39 is 24.5 Å². The van der Waals surface area contributed by atoms with Gasteiger partial charge in [-0.15, -0.1) is 0 Å². The molecular weight excluding hydrogens is 288 g/mol. The summed E-state index contributed by atoms with van der Waals surface area (Å²) in [5, 5.41) is 4.40. The van der Waals surface area contributed by atoms with Gasteiger partial charge in [0.1, 0.15) is 5.75 Å². The summed E-state index contributed by atoms with van der Waals surface area (Å²) in [6.45, 7) is 5.09. The van der Waals surface area contributed by atoms with Gasteiger partial charge in [-0.05, 0) is 32.4 Å². The van der Waals surface area contributed by atoms with Crippen LogP contribution in [0.4, 0.5) is 4.79 Å². The zero-order chi connectivity index (χ0) is 16.5. The molecule has 3 amide bonds. The second kappa shape index (κ2) is 8.66. The van der Waals surface area contributed by atoms with Gasteiger partial charge in [0, 0.05) is 6.54 Å². The van der Waals surface area contributed by atoms with Gasteiger partial charge in [0.25, 0.3) is 5.91 Å². The number of benzene rings is 1. The highest BCUT2D eigenvalue weighted by Gasteiger charge is 2.11. The second-order valence-electron chi connectivity index (χ2n) is 4.63. The summed E-state index contributed by atoms with van der Waals surface area (Å²) in [5.41, 5.74) is 2.00. The number of aryl methyl sites for hydroxylation is 2. The number of carbonyl (C=O) groups excluding carboxylic acids is 3. The molecule has 0 fully saturated rings. The highest BCUT2D eigenvalue weighted by Crippen LogP contribution is 2.18. The Morgan fingerprint density at radius 3 is 2.50 bits per heavy atom. The third-order valence-electron chi connectivity index (χ3n) is 2.63. The average Bonchev–Trinajstić information content (AvgIpc) is 2.44. The molecule has 0 saturated heterocycles. The monoisotopic (exact) mass is 308 g/mol. The number of hydrogen-bond donors (Lipinski definition) is 2. The zero-order valence-corrected chi connectivity index (χ0v) is 12.9. The highest BCUT2D eigenvalue weighted by molar-refractivity contribution is 5.95. The lowest BCUT2D eigenvalue weighted by Gasteiger charge is -2.09. The minimum absolute atomic E-state index is 0.307. The predicted molar refractivity (Wildman–Crippen MR) is 79.6 cm³/mol.